The van der Waals surface area contributed by atoms with Crippen LogP contribution in [0.2, 0.25) is 0 Å². The molecule has 0 aliphatic carbocycles. The first-order valence-corrected chi connectivity index (χ1v) is 8.74. The molecular formula is C19H32FIN4O2. The van der Waals surface area contributed by atoms with E-state index in [4.69, 9.17) is 4.74 Å². The van der Waals surface area contributed by atoms with Gasteiger partial charge in [0.05, 0.1) is 0 Å². The van der Waals surface area contributed by atoms with Crippen LogP contribution in [0.5, 0.6) is 0 Å². The number of nitrogens with one attached hydrogen (secondary N) is 2. The summed E-state index contributed by atoms with van der Waals surface area (Å²) in [5.41, 5.74) is 0.0686. The molecule has 0 radical (unpaired) electrons. The summed E-state index contributed by atoms with van der Waals surface area (Å²) in [6.07, 6.45) is -0.341. The van der Waals surface area contributed by atoms with Crippen molar-refractivity contribution >= 4 is 36.0 Å². The molecule has 1 aromatic rings. The molecule has 0 saturated heterocycles. The maximum atomic E-state index is 13.6. The van der Waals surface area contributed by atoms with Gasteiger partial charge >= 0.3 is 6.09 Å². The summed E-state index contributed by atoms with van der Waals surface area (Å²) in [6, 6.07) is 6.62. The van der Waals surface area contributed by atoms with Gasteiger partial charge in [-0.1, -0.05) is 25.1 Å². The van der Waals surface area contributed by atoms with Crippen LogP contribution in [0.4, 0.5) is 9.18 Å². The molecule has 0 aromatic heterocycles. The molecule has 154 valence electrons. The van der Waals surface area contributed by atoms with E-state index in [-0.39, 0.29) is 41.8 Å². The highest BCUT2D eigenvalue weighted by molar-refractivity contribution is 14.0. The number of nitrogens with zero attached hydrogens (tertiary/aromatic N) is 2. The molecule has 2 N–H and O–H groups in total. The lowest BCUT2D eigenvalue weighted by Crippen LogP contribution is -2.42. The molecule has 6 nitrogen and oxygen atoms in total. The molecule has 0 heterocycles. The second kappa shape index (κ2) is 12.0. The zero-order chi connectivity index (χ0) is 19.7. The third-order valence-electron chi connectivity index (χ3n) is 3.54. The molecule has 1 amide bonds. The number of aliphatic imine (C=N–C) groups is 1. The Bertz CT molecular complexity index is 620. The molecular weight excluding hydrogens is 462 g/mol. The van der Waals surface area contributed by atoms with E-state index in [1.54, 1.807) is 37.2 Å². The largest absolute Gasteiger partial charge is 0.444 e. The van der Waals surface area contributed by atoms with Crippen LogP contribution in [-0.4, -0.2) is 49.7 Å². The minimum absolute atomic E-state index is 0. The monoisotopic (exact) mass is 494 g/mol. The Morgan fingerprint density at radius 1 is 1.30 bits per heavy atom. The summed E-state index contributed by atoms with van der Waals surface area (Å²) >= 11 is 0. The Hall–Kier alpha value is -1.58. The van der Waals surface area contributed by atoms with Crippen molar-refractivity contribution in [3.8, 4) is 0 Å². The molecule has 0 aliphatic rings. The van der Waals surface area contributed by atoms with Gasteiger partial charge in [0.15, 0.2) is 5.96 Å². The average Bonchev–Trinajstić information content (AvgIpc) is 2.54. The van der Waals surface area contributed by atoms with E-state index in [2.05, 4.69) is 15.6 Å². The maximum Gasteiger partial charge on any atom is 0.410 e. The Labute approximate surface area is 179 Å². The number of carbonyl (C=O) groups excluding carboxylic acids is 1. The number of rotatable bonds is 6. The highest BCUT2D eigenvalue weighted by Gasteiger charge is 2.20. The van der Waals surface area contributed by atoms with Crippen LogP contribution < -0.4 is 10.6 Å². The predicted molar refractivity (Wildman–Crippen MR) is 118 cm³/mol. The zero-order valence-electron chi connectivity index (χ0n) is 17.0. The van der Waals surface area contributed by atoms with Crippen LogP contribution in [0.25, 0.3) is 0 Å². The van der Waals surface area contributed by atoms with E-state index in [1.165, 1.54) is 6.07 Å². The number of amides is 1. The highest BCUT2D eigenvalue weighted by Crippen LogP contribution is 2.10. The Morgan fingerprint density at radius 2 is 1.93 bits per heavy atom. The number of ether oxygens (including phenoxy) is 1. The maximum absolute atomic E-state index is 13.6. The first-order valence-electron chi connectivity index (χ1n) is 8.74. The second-order valence-corrected chi connectivity index (χ2v) is 7.36. The summed E-state index contributed by atoms with van der Waals surface area (Å²) < 4.78 is 19.0. The summed E-state index contributed by atoms with van der Waals surface area (Å²) in [5.74, 6) is 0.516. The number of guanidine groups is 1. The minimum Gasteiger partial charge on any atom is -0.444 e. The molecule has 0 saturated carbocycles. The topological polar surface area (TPSA) is 66.0 Å². The molecule has 0 bridgehead atoms. The lowest BCUT2D eigenvalue weighted by molar-refractivity contribution is 0.0278. The van der Waals surface area contributed by atoms with Crippen LogP contribution in [0.15, 0.2) is 29.3 Å². The van der Waals surface area contributed by atoms with Crippen molar-refractivity contribution in [2.75, 3.05) is 27.2 Å². The van der Waals surface area contributed by atoms with E-state index in [1.807, 2.05) is 27.7 Å². The minimum atomic E-state index is -0.508. The SMILES string of the molecule is CN=C(NCc1ccccc1F)NCC(C)CN(C)C(=O)OC(C)(C)C.I. The van der Waals surface area contributed by atoms with Crippen molar-refractivity contribution in [1.82, 2.24) is 15.5 Å². The molecule has 1 unspecified atom stereocenters. The Morgan fingerprint density at radius 3 is 2.48 bits per heavy atom. The second-order valence-electron chi connectivity index (χ2n) is 7.36. The van der Waals surface area contributed by atoms with Crippen LogP contribution in [0.3, 0.4) is 0 Å². The van der Waals surface area contributed by atoms with Gasteiger partial charge < -0.3 is 20.3 Å². The van der Waals surface area contributed by atoms with Crippen LogP contribution in [0.1, 0.15) is 33.3 Å². The summed E-state index contributed by atoms with van der Waals surface area (Å²) in [7, 11) is 3.38. The zero-order valence-corrected chi connectivity index (χ0v) is 19.3. The highest BCUT2D eigenvalue weighted by atomic mass is 127. The molecule has 27 heavy (non-hydrogen) atoms. The molecule has 8 heteroatoms. The normalized spacial score (nSPS) is 12.6. The fraction of sp³-hybridized carbons (Fsp3) is 0.579. The quantitative estimate of drug-likeness (QED) is 0.361. The van der Waals surface area contributed by atoms with Gasteiger partial charge in [-0.15, -0.1) is 24.0 Å². The number of hydrogen-bond donors (Lipinski definition) is 2. The molecule has 0 fully saturated rings. The van der Waals surface area contributed by atoms with Gasteiger partial charge in [0.2, 0.25) is 0 Å². The lowest BCUT2D eigenvalue weighted by atomic mass is 10.1. The van der Waals surface area contributed by atoms with Crippen LogP contribution >= 0.6 is 24.0 Å². The van der Waals surface area contributed by atoms with Crippen LogP contribution in [0, 0.1) is 11.7 Å². The molecule has 1 rings (SSSR count). The van der Waals surface area contributed by atoms with E-state index >= 15 is 0 Å². The van der Waals surface area contributed by atoms with Gasteiger partial charge in [-0.3, -0.25) is 4.99 Å². The van der Waals surface area contributed by atoms with E-state index in [9.17, 15) is 9.18 Å². The third-order valence-corrected chi connectivity index (χ3v) is 3.54. The van der Waals surface area contributed by atoms with Crippen molar-refractivity contribution in [2.45, 2.75) is 39.8 Å². The molecule has 1 atom stereocenters. The van der Waals surface area contributed by atoms with Gasteiger partial charge in [-0.25, -0.2) is 9.18 Å². The molecule has 1 aromatic carbocycles. The Kier molecular flexibility index (Phi) is 11.3. The van der Waals surface area contributed by atoms with Crippen molar-refractivity contribution < 1.29 is 13.9 Å². The summed E-state index contributed by atoms with van der Waals surface area (Å²) in [6.45, 7) is 9.06. The smallest absolute Gasteiger partial charge is 0.410 e. The van der Waals surface area contributed by atoms with Crippen molar-refractivity contribution in [1.29, 1.82) is 0 Å². The van der Waals surface area contributed by atoms with Gasteiger partial charge in [-0.05, 0) is 32.8 Å². The fourth-order valence-corrected chi connectivity index (χ4v) is 2.26. The fourth-order valence-electron chi connectivity index (χ4n) is 2.26. The van der Waals surface area contributed by atoms with Crippen molar-refractivity contribution in [3.05, 3.63) is 35.6 Å². The standard InChI is InChI=1S/C19H31FN4O2.HI/c1-14(13-24(6)18(25)26-19(2,3)4)11-22-17(21-5)23-12-15-9-7-8-10-16(15)20;/h7-10,14H,11-13H2,1-6H3,(H2,21,22,23);1H. The van der Waals surface area contributed by atoms with Gasteiger partial charge in [0, 0.05) is 39.3 Å². The molecule has 0 spiro atoms. The summed E-state index contributed by atoms with van der Waals surface area (Å²) in [4.78, 5) is 17.7. The van der Waals surface area contributed by atoms with E-state index in [0.29, 0.717) is 31.2 Å². The number of benzene rings is 1. The van der Waals surface area contributed by atoms with Crippen molar-refractivity contribution in [2.24, 2.45) is 10.9 Å². The Balaban J connectivity index is 0.00000676. The molecule has 0 aliphatic heterocycles. The van der Waals surface area contributed by atoms with Gasteiger partial charge in [0.1, 0.15) is 11.4 Å². The van der Waals surface area contributed by atoms with Gasteiger partial charge in [0.25, 0.3) is 0 Å². The lowest BCUT2D eigenvalue weighted by Gasteiger charge is -2.26. The number of carbonyl (C=O) groups is 1. The third kappa shape index (κ3) is 10.4. The van der Waals surface area contributed by atoms with Gasteiger partial charge in [-0.2, -0.15) is 0 Å². The average molecular weight is 494 g/mol. The number of hydrogen-bond acceptors (Lipinski definition) is 3. The number of halogens is 2. The van der Waals surface area contributed by atoms with Crippen molar-refractivity contribution in [3.63, 3.8) is 0 Å². The van der Waals surface area contributed by atoms with E-state index in [0.717, 1.165) is 0 Å². The van der Waals surface area contributed by atoms with Crippen LogP contribution in [-0.2, 0) is 11.3 Å². The van der Waals surface area contributed by atoms with E-state index < -0.39 is 5.60 Å². The first-order chi connectivity index (χ1) is 12.1. The summed E-state index contributed by atoms with van der Waals surface area (Å²) in [5, 5.41) is 6.27. The first kappa shape index (κ1) is 25.4. The predicted octanol–water partition coefficient (Wildman–Crippen LogP) is 3.61.